The molecular weight excluding hydrogens is 360 g/mol. The fourth-order valence-corrected chi connectivity index (χ4v) is 5.23. The third kappa shape index (κ3) is 3.68. The lowest BCUT2D eigenvalue weighted by Crippen LogP contribution is -2.28. The number of carbonyl (C=O) groups excluding carboxylic acids is 1. The quantitative estimate of drug-likeness (QED) is 0.480. The number of thioether (sulfide) groups is 1. The first kappa shape index (κ1) is 18.3. The number of hydrogen-bond donors (Lipinski definition) is 1. The van der Waals surface area contributed by atoms with Crippen molar-refractivity contribution in [3.63, 3.8) is 0 Å². The van der Waals surface area contributed by atoms with Crippen LogP contribution in [-0.4, -0.2) is 28.8 Å². The molecule has 4 rings (SSSR count). The second kappa shape index (κ2) is 7.89. The molecule has 0 saturated heterocycles. The van der Waals surface area contributed by atoms with E-state index in [0.29, 0.717) is 23.2 Å². The van der Waals surface area contributed by atoms with Gasteiger partial charge >= 0.3 is 5.97 Å². The molecule has 6 heteroatoms. The van der Waals surface area contributed by atoms with Gasteiger partial charge in [0.05, 0.1) is 19.2 Å². The fourth-order valence-electron chi connectivity index (χ4n) is 4.44. The van der Waals surface area contributed by atoms with Gasteiger partial charge in [-0.15, -0.1) is 0 Å². The highest BCUT2D eigenvalue weighted by atomic mass is 32.2. The summed E-state index contributed by atoms with van der Waals surface area (Å²) in [6, 6.07) is 8.29. The Kier molecular flexibility index (Phi) is 5.34. The lowest BCUT2D eigenvalue weighted by Gasteiger charge is -2.30. The monoisotopic (exact) mass is 384 g/mol. The van der Waals surface area contributed by atoms with Gasteiger partial charge in [-0.05, 0) is 36.7 Å². The van der Waals surface area contributed by atoms with Crippen molar-refractivity contribution in [1.82, 2.24) is 9.97 Å². The number of methoxy groups -OCH3 is 1. The van der Waals surface area contributed by atoms with Gasteiger partial charge in [0, 0.05) is 16.9 Å². The summed E-state index contributed by atoms with van der Waals surface area (Å²) in [6.45, 7) is 0. The zero-order valence-corrected chi connectivity index (χ0v) is 16.3. The molecule has 1 saturated carbocycles. The molecule has 0 aliphatic heterocycles. The van der Waals surface area contributed by atoms with Gasteiger partial charge in [-0.2, -0.15) is 0 Å². The van der Waals surface area contributed by atoms with Gasteiger partial charge in [-0.3, -0.25) is 9.59 Å². The number of esters is 1. The van der Waals surface area contributed by atoms with Gasteiger partial charge in [0.1, 0.15) is 0 Å². The Morgan fingerprint density at radius 3 is 2.85 bits per heavy atom. The number of aromatic amines is 1. The molecule has 2 aromatic rings. The number of aromatic nitrogens is 2. The zero-order chi connectivity index (χ0) is 18.8. The average Bonchev–Trinajstić information content (AvgIpc) is 3.22. The van der Waals surface area contributed by atoms with Crippen molar-refractivity contribution in [3.8, 4) is 11.3 Å². The maximum Gasteiger partial charge on any atom is 0.306 e. The van der Waals surface area contributed by atoms with Crippen molar-refractivity contribution in [2.45, 2.75) is 49.6 Å². The second-order valence-corrected chi connectivity index (χ2v) is 8.40. The molecule has 1 fully saturated rings. The lowest BCUT2D eigenvalue weighted by molar-refractivity contribution is -0.140. The largest absolute Gasteiger partial charge is 0.469 e. The normalized spacial score (nSPS) is 18.8. The maximum atomic E-state index is 13.0. The van der Waals surface area contributed by atoms with E-state index in [1.54, 1.807) is 0 Å². The van der Waals surface area contributed by atoms with E-state index < -0.39 is 0 Å². The molecule has 2 aliphatic rings. The van der Waals surface area contributed by atoms with Gasteiger partial charge in [0.15, 0.2) is 5.16 Å². The van der Waals surface area contributed by atoms with Crippen LogP contribution in [0.15, 0.2) is 34.2 Å². The predicted octanol–water partition coefficient (Wildman–Crippen LogP) is 3.92. The summed E-state index contributed by atoms with van der Waals surface area (Å²) >= 11 is 1.39. The van der Waals surface area contributed by atoms with E-state index in [4.69, 9.17) is 4.98 Å². The Balaban J connectivity index is 1.70. The minimum Gasteiger partial charge on any atom is -0.469 e. The number of benzene rings is 1. The van der Waals surface area contributed by atoms with E-state index in [2.05, 4.69) is 27.9 Å². The molecule has 0 radical (unpaired) electrons. The van der Waals surface area contributed by atoms with Crippen LogP contribution in [0.5, 0.6) is 0 Å². The Bertz CT molecular complexity index is 903. The molecule has 5 nitrogen and oxygen atoms in total. The molecule has 0 bridgehead atoms. The highest BCUT2D eigenvalue weighted by Gasteiger charge is 2.35. The Labute approximate surface area is 162 Å². The van der Waals surface area contributed by atoms with E-state index in [1.165, 1.54) is 50.1 Å². The predicted molar refractivity (Wildman–Crippen MR) is 106 cm³/mol. The standard InChI is InChI=1S/C21H24N2O3S/c1-26-17(24)10-11-27-21-22-19-15-9-5-4-8-14(15)12-16(13-6-2-3-7-13)18(19)20(25)23-21/h4-5,8-9,13,16H,2-3,6-7,10-12H2,1H3,(H,22,23,25). The average molecular weight is 385 g/mol. The number of rotatable bonds is 5. The smallest absolute Gasteiger partial charge is 0.306 e. The van der Waals surface area contributed by atoms with Crippen molar-refractivity contribution in [2.75, 3.05) is 12.9 Å². The summed E-state index contributed by atoms with van der Waals surface area (Å²) in [5.74, 6) is 1.09. The zero-order valence-electron chi connectivity index (χ0n) is 15.5. The van der Waals surface area contributed by atoms with Crippen molar-refractivity contribution >= 4 is 17.7 Å². The van der Waals surface area contributed by atoms with Crippen LogP contribution in [-0.2, 0) is 16.0 Å². The third-order valence-electron chi connectivity index (χ3n) is 5.76. The SMILES string of the molecule is COC(=O)CCSc1nc2c(c(=O)[nH]1)C(C1CCCC1)Cc1ccccc1-2. The summed E-state index contributed by atoms with van der Waals surface area (Å²) in [6.07, 6.45) is 6.12. The molecule has 0 spiro atoms. The van der Waals surface area contributed by atoms with Gasteiger partial charge in [-0.1, -0.05) is 48.9 Å². The Hall–Kier alpha value is -2.08. The minimum absolute atomic E-state index is 0.0213. The molecule has 27 heavy (non-hydrogen) atoms. The van der Waals surface area contributed by atoms with Gasteiger partial charge in [0.25, 0.3) is 5.56 Å². The van der Waals surface area contributed by atoms with Crippen LogP contribution in [0, 0.1) is 5.92 Å². The van der Waals surface area contributed by atoms with Crippen LogP contribution in [0.2, 0.25) is 0 Å². The van der Waals surface area contributed by atoms with Crippen LogP contribution in [0.25, 0.3) is 11.3 Å². The van der Waals surface area contributed by atoms with Crippen LogP contribution >= 0.6 is 11.8 Å². The molecule has 1 heterocycles. The molecule has 0 amide bonds. The van der Waals surface area contributed by atoms with E-state index in [-0.39, 0.29) is 17.4 Å². The van der Waals surface area contributed by atoms with Gasteiger partial charge in [-0.25, -0.2) is 4.98 Å². The number of fused-ring (bicyclic) bond motifs is 3. The van der Waals surface area contributed by atoms with Crippen molar-refractivity contribution < 1.29 is 9.53 Å². The molecule has 1 N–H and O–H groups in total. The lowest BCUT2D eigenvalue weighted by atomic mass is 9.74. The topological polar surface area (TPSA) is 72.0 Å². The molecule has 1 aromatic carbocycles. The van der Waals surface area contributed by atoms with Crippen LogP contribution < -0.4 is 5.56 Å². The number of ether oxygens (including phenoxy) is 1. The van der Waals surface area contributed by atoms with E-state index in [1.807, 2.05) is 6.07 Å². The van der Waals surface area contributed by atoms with Crippen LogP contribution in [0.4, 0.5) is 0 Å². The van der Waals surface area contributed by atoms with Gasteiger partial charge in [0.2, 0.25) is 0 Å². The van der Waals surface area contributed by atoms with Crippen molar-refractivity contribution in [3.05, 3.63) is 45.7 Å². The van der Waals surface area contributed by atoms with Crippen molar-refractivity contribution in [1.29, 1.82) is 0 Å². The number of H-pyrrole nitrogens is 1. The Morgan fingerprint density at radius 1 is 1.30 bits per heavy atom. The first-order chi connectivity index (χ1) is 13.2. The third-order valence-corrected chi connectivity index (χ3v) is 6.63. The molecular formula is C21H24N2O3S. The number of nitrogens with zero attached hydrogens (tertiary/aromatic N) is 1. The first-order valence-corrected chi connectivity index (χ1v) is 10.6. The minimum atomic E-state index is -0.255. The fraction of sp³-hybridized carbons (Fsp3) is 0.476. The summed E-state index contributed by atoms with van der Waals surface area (Å²) in [4.78, 5) is 32.1. The number of nitrogens with one attached hydrogen (secondary N) is 1. The van der Waals surface area contributed by atoms with E-state index >= 15 is 0 Å². The summed E-state index contributed by atoms with van der Waals surface area (Å²) in [5.41, 5.74) is 4.02. The first-order valence-electron chi connectivity index (χ1n) is 9.59. The Morgan fingerprint density at radius 2 is 2.07 bits per heavy atom. The highest BCUT2D eigenvalue weighted by Crippen LogP contribution is 2.45. The number of carbonyl (C=O) groups is 1. The molecule has 1 atom stereocenters. The molecule has 1 unspecified atom stereocenters. The molecule has 142 valence electrons. The molecule has 1 aromatic heterocycles. The summed E-state index contributed by atoms with van der Waals surface area (Å²) in [5, 5.41) is 0.574. The van der Waals surface area contributed by atoms with Crippen LogP contribution in [0.1, 0.15) is 49.1 Å². The van der Waals surface area contributed by atoms with E-state index in [0.717, 1.165) is 23.2 Å². The van der Waals surface area contributed by atoms with Crippen LogP contribution in [0.3, 0.4) is 0 Å². The summed E-state index contributed by atoms with van der Waals surface area (Å²) < 4.78 is 4.68. The number of hydrogen-bond acceptors (Lipinski definition) is 5. The summed E-state index contributed by atoms with van der Waals surface area (Å²) in [7, 11) is 1.38. The van der Waals surface area contributed by atoms with Gasteiger partial charge < -0.3 is 9.72 Å². The second-order valence-electron chi connectivity index (χ2n) is 7.32. The molecule has 2 aliphatic carbocycles. The maximum absolute atomic E-state index is 13.0. The van der Waals surface area contributed by atoms with Crippen molar-refractivity contribution in [2.24, 2.45) is 5.92 Å². The van der Waals surface area contributed by atoms with E-state index in [9.17, 15) is 9.59 Å². The highest BCUT2D eigenvalue weighted by molar-refractivity contribution is 7.99.